The molecule has 13 nitrogen and oxygen atoms in total. The average Bonchev–Trinajstić information content (AvgIpc) is 2.70. The molecule has 1 aliphatic heterocycles. The van der Waals surface area contributed by atoms with E-state index in [1.165, 1.54) is 24.3 Å². The molecule has 1 heterocycles. The van der Waals surface area contributed by atoms with Crippen LogP contribution in [0.15, 0.2) is 24.3 Å². The highest BCUT2D eigenvalue weighted by Crippen LogP contribution is 2.34. The molecule has 0 unspecified atom stereocenters. The van der Waals surface area contributed by atoms with Gasteiger partial charge in [0.2, 0.25) is 12.4 Å². The van der Waals surface area contributed by atoms with Crippen LogP contribution in [0.2, 0.25) is 0 Å². The summed E-state index contributed by atoms with van der Waals surface area (Å²) in [4.78, 5) is 46.7. The van der Waals surface area contributed by atoms with Gasteiger partial charge in [-0.3, -0.25) is 29.6 Å². The summed E-state index contributed by atoms with van der Waals surface area (Å²) in [6.07, 6.45) is -6.92. The average molecular weight is 471 g/mol. The largest absolute Gasteiger partial charge is 0.463 e. The minimum absolute atomic E-state index is 0.108. The van der Waals surface area contributed by atoms with Gasteiger partial charge in [0.25, 0.3) is 0 Å². The van der Waals surface area contributed by atoms with E-state index in [-0.39, 0.29) is 16.7 Å². The Hall–Kier alpha value is -3.42. The normalized spacial score (nSPS) is 24.2. The molecule has 0 spiro atoms. The third kappa shape index (κ3) is 7.30. The molecular weight excluding hydrogens is 446 g/mol. The number of benzene rings is 1. The minimum Gasteiger partial charge on any atom is -0.463 e. The minimum atomic E-state index is -1.51. The van der Waals surface area contributed by atoms with Gasteiger partial charge in [0.1, 0.15) is 18.4 Å². The molecule has 1 saturated heterocycles. The predicted molar refractivity (Wildman–Crippen MR) is 105 cm³/mol. The van der Waals surface area contributed by atoms with Gasteiger partial charge in [0.15, 0.2) is 18.0 Å². The Kier molecular flexibility index (Phi) is 8.96. The fourth-order valence-electron chi connectivity index (χ4n) is 3.13. The highest BCUT2D eigenvalue weighted by Gasteiger charge is 2.53. The van der Waals surface area contributed by atoms with Crippen LogP contribution < -0.4 is 9.96 Å². The van der Waals surface area contributed by atoms with Crippen molar-refractivity contribution in [2.75, 3.05) is 11.8 Å². The summed E-state index contributed by atoms with van der Waals surface area (Å²) in [5.41, 5.74) is -0.189. The molecule has 0 amide bonds. The highest BCUT2D eigenvalue weighted by molar-refractivity contribution is 5.68. The first-order valence-corrected chi connectivity index (χ1v) is 9.73. The van der Waals surface area contributed by atoms with E-state index in [1.54, 1.807) is 0 Å². The fraction of sp³-hybridized carbons (Fsp3) is 0.500. The SMILES string of the molecule is CC(=O)OC[C@H]1O[C@@H](Oc2ccccc2N(O)O)[C@H](OC(C)=O)[C@@H](OC(C)=O)[C@@H]1OC(C)=O. The van der Waals surface area contributed by atoms with Gasteiger partial charge in [-0.2, -0.15) is 0 Å². The van der Waals surface area contributed by atoms with Crippen molar-refractivity contribution in [1.82, 2.24) is 0 Å². The standard InChI is InChI=1S/C20H25NO12/c1-10(22)28-9-16-17(29-11(2)23)18(30-12(3)24)19(31-13(4)25)20(33-16)32-15-8-6-5-7-14(15)21(26)27/h5-8,16-20,26-27H,9H2,1-4H3/t16-,17-,18+,19-,20-/m1/s1. The lowest BCUT2D eigenvalue weighted by molar-refractivity contribution is -0.288. The van der Waals surface area contributed by atoms with E-state index >= 15 is 0 Å². The van der Waals surface area contributed by atoms with Crippen molar-refractivity contribution in [3.63, 3.8) is 0 Å². The number of para-hydroxylation sites is 2. The lowest BCUT2D eigenvalue weighted by Gasteiger charge is -2.44. The van der Waals surface area contributed by atoms with Gasteiger partial charge in [0, 0.05) is 27.7 Å². The molecule has 0 saturated carbocycles. The Bertz CT molecular complexity index is 872. The number of esters is 4. The molecule has 1 aromatic rings. The molecule has 1 aliphatic rings. The van der Waals surface area contributed by atoms with Crippen LogP contribution in [0.5, 0.6) is 5.75 Å². The smallest absolute Gasteiger partial charge is 0.303 e. The molecule has 182 valence electrons. The molecule has 0 aromatic heterocycles. The van der Waals surface area contributed by atoms with Gasteiger partial charge in [-0.05, 0) is 12.1 Å². The van der Waals surface area contributed by atoms with Crippen LogP contribution in [0.4, 0.5) is 5.69 Å². The molecule has 1 fully saturated rings. The Morgan fingerprint density at radius 2 is 1.39 bits per heavy atom. The van der Waals surface area contributed by atoms with Crippen molar-refractivity contribution in [1.29, 1.82) is 0 Å². The van der Waals surface area contributed by atoms with Crippen LogP contribution in [0, 0.1) is 0 Å². The topological polar surface area (TPSA) is 167 Å². The number of ether oxygens (including phenoxy) is 6. The third-order valence-electron chi connectivity index (χ3n) is 4.27. The molecule has 0 bridgehead atoms. The summed E-state index contributed by atoms with van der Waals surface area (Å²) in [6, 6.07) is 5.69. The van der Waals surface area contributed by atoms with Gasteiger partial charge in [0.05, 0.1) is 0 Å². The summed E-state index contributed by atoms with van der Waals surface area (Å²) in [7, 11) is 0. The molecule has 13 heteroatoms. The van der Waals surface area contributed by atoms with Gasteiger partial charge in [-0.15, -0.1) is 5.23 Å². The quantitative estimate of drug-likeness (QED) is 0.310. The number of carbonyl (C=O) groups is 4. The lowest BCUT2D eigenvalue weighted by Crippen LogP contribution is -2.63. The van der Waals surface area contributed by atoms with Gasteiger partial charge >= 0.3 is 23.9 Å². The highest BCUT2D eigenvalue weighted by atomic mass is 16.8. The number of rotatable bonds is 8. The molecular formula is C20H25NO12. The monoisotopic (exact) mass is 471 g/mol. The van der Waals surface area contributed by atoms with Crippen LogP contribution in [0.25, 0.3) is 0 Å². The van der Waals surface area contributed by atoms with E-state index in [0.717, 1.165) is 27.7 Å². The maximum absolute atomic E-state index is 11.8. The van der Waals surface area contributed by atoms with Crippen LogP contribution in [-0.4, -0.2) is 71.6 Å². The molecule has 2 N–H and O–H groups in total. The molecule has 33 heavy (non-hydrogen) atoms. The summed E-state index contributed by atoms with van der Waals surface area (Å²) in [6.45, 7) is 4.00. The van der Waals surface area contributed by atoms with E-state index in [4.69, 9.17) is 28.4 Å². The number of nitrogens with zero attached hydrogens (tertiary/aromatic N) is 1. The maximum Gasteiger partial charge on any atom is 0.303 e. The first-order chi connectivity index (χ1) is 15.5. The summed E-state index contributed by atoms with van der Waals surface area (Å²) in [5, 5.41) is 18.7. The first-order valence-electron chi connectivity index (χ1n) is 9.73. The number of carbonyl (C=O) groups excluding carboxylic acids is 4. The van der Waals surface area contributed by atoms with E-state index in [9.17, 15) is 29.6 Å². The number of hydrogen-bond acceptors (Lipinski definition) is 13. The van der Waals surface area contributed by atoms with Crippen molar-refractivity contribution < 1.29 is 58.0 Å². The second kappa shape index (κ2) is 11.4. The van der Waals surface area contributed by atoms with Gasteiger partial charge in [-0.1, -0.05) is 12.1 Å². The molecule has 2 rings (SSSR count). The Morgan fingerprint density at radius 3 is 1.94 bits per heavy atom. The van der Waals surface area contributed by atoms with Crippen molar-refractivity contribution in [2.45, 2.75) is 58.4 Å². The Balaban J connectivity index is 2.50. The molecule has 0 radical (unpaired) electrons. The summed E-state index contributed by atoms with van der Waals surface area (Å²) >= 11 is 0. The molecule has 5 atom stereocenters. The second-order valence-corrected chi connectivity index (χ2v) is 6.94. The van der Waals surface area contributed by atoms with Crippen molar-refractivity contribution >= 4 is 29.6 Å². The fourth-order valence-corrected chi connectivity index (χ4v) is 3.13. The Labute approximate surface area is 188 Å². The molecule has 1 aromatic carbocycles. The van der Waals surface area contributed by atoms with Crippen LogP contribution in [-0.2, 0) is 42.9 Å². The first kappa shape index (κ1) is 25.8. The number of hydrogen-bond donors (Lipinski definition) is 2. The van der Waals surface area contributed by atoms with E-state index in [0.29, 0.717) is 0 Å². The van der Waals surface area contributed by atoms with Crippen molar-refractivity contribution in [3.8, 4) is 5.75 Å². The van der Waals surface area contributed by atoms with Gasteiger partial charge in [-0.25, -0.2) is 0 Å². The number of anilines is 1. The van der Waals surface area contributed by atoms with E-state index in [1.807, 2.05) is 0 Å². The van der Waals surface area contributed by atoms with Crippen LogP contribution in [0.1, 0.15) is 27.7 Å². The van der Waals surface area contributed by atoms with Gasteiger partial charge < -0.3 is 28.4 Å². The Morgan fingerprint density at radius 1 is 0.848 bits per heavy atom. The summed E-state index contributed by atoms with van der Waals surface area (Å²) in [5.74, 6) is -3.13. The zero-order valence-electron chi connectivity index (χ0n) is 18.3. The molecule has 0 aliphatic carbocycles. The van der Waals surface area contributed by atoms with Crippen molar-refractivity contribution in [3.05, 3.63) is 24.3 Å². The van der Waals surface area contributed by atoms with E-state index in [2.05, 4.69) is 0 Å². The lowest BCUT2D eigenvalue weighted by atomic mass is 9.98. The zero-order chi connectivity index (χ0) is 24.7. The van der Waals surface area contributed by atoms with Crippen LogP contribution in [0.3, 0.4) is 0 Å². The zero-order valence-corrected chi connectivity index (χ0v) is 18.3. The van der Waals surface area contributed by atoms with Crippen molar-refractivity contribution in [2.24, 2.45) is 0 Å². The third-order valence-corrected chi connectivity index (χ3v) is 4.27. The second-order valence-electron chi connectivity index (χ2n) is 6.94. The maximum atomic E-state index is 11.8. The van der Waals surface area contributed by atoms with Crippen LogP contribution >= 0.6 is 0 Å². The summed E-state index contributed by atoms with van der Waals surface area (Å²) < 4.78 is 32.3. The van der Waals surface area contributed by atoms with E-state index < -0.39 is 61.2 Å². The predicted octanol–water partition coefficient (Wildman–Crippen LogP) is 0.733.